The van der Waals surface area contributed by atoms with Crippen LogP contribution < -0.4 is 14.8 Å². The van der Waals surface area contributed by atoms with Gasteiger partial charge < -0.3 is 5.32 Å². The molecule has 1 heterocycles. The zero-order valence-electron chi connectivity index (χ0n) is 9.12. The number of rotatable bonds is 4. The summed E-state index contributed by atoms with van der Waals surface area (Å²) in [6.45, 7) is 5.31. The minimum absolute atomic E-state index is 0. The van der Waals surface area contributed by atoms with Crippen LogP contribution in [-0.4, -0.2) is 33.6 Å². The zero-order valence-corrected chi connectivity index (χ0v) is 10.7. The molecule has 0 aromatic carbocycles. The number of piperidine rings is 1. The highest BCUT2D eigenvalue weighted by Crippen LogP contribution is 2.02. The van der Waals surface area contributed by atoms with Gasteiger partial charge in [0, 0.05) is 18.6 Å². The van der Waals surface area contributed by atoms with Crippen LogP contribution in [-0.2, 0) is 10.2 Å². The van der Waals surface area contributed by atoms with E-state index in [2.05, 4.69) is 14.8 Å². The second-order valence-corrected chi connectivity index (χ2v) is 5.42. The fraction of sp³-hybridized carbons (Fsp3) is 1.00. The molecular weight excluding hydrogens is 238 g/mol. The standard InChI is InChI=1S/C8H19N3O2S.ClH/c1-7(2)10-14(12,13)11-8-4-3-5-9-6-8;/h7-11H,3-6H2,1-2H3;1H/t8-;/m1./s1. The molecule has 3 N–H and O–H groups in total. The molecular formula is C8H20ClN3O2S. The molecule has 1 rings (SSSR count). The Morgan fingerprint density at radius 3 is 2.53 bits per heavy atom. The molecule has 0 radical (unpaired) electrons. The smallest absolute Gasteiger partial charge is 0.277 e. The van der Waals surface area contributed by atoms with E-state index < -0.39 is 10.2 Å². The first-order valence-corrected chi connectivity index (χ1v) is 6.48. The Morgan fingerprint density at radius 2 is 2.07 bits per heavy atom. The molecule has 1 aliphatic heterocycles. The average Bonchev–Trinajstić information content (AvgIpc) is 2.02. The minimum atomic E-state index is -3.32. The summed E-state index contributed by atoms with van der Waals surface area (Å²) in [6, 6.07) is -0.0379. The summed E-state index contributed by atoms with van der Waals surface area (Å²) < 4.78 is 28.0. The van der Waals surface area contributed by atoms with Gasteiger partial charge in [-0.05, 0) is 33.2 Å². The van der Waals surface area contributed by atoms with E-state index in [-0.39, 0.29) is 24.5 Å². The van der Waals surface area contributed by atoms with Crippen LogP contribution in [0.4, 0.5) is 0 Å². The molecule has 0 amide bonds. The molecule has 0 aliphatic carbocycles. The van der Waals surface area contributed by atoms with Crippen molar-refractivity contribution in [2.75, 3.05) is 13.1 Å². The predicted molar refractivity (Wildman–Crippen MR) is 63.5 cm³/mol. The third-order valence-electron chi connectivity index (χ3n) is 2.01. The fourth-order valence-electron chi connectivity index (χ4n) is 1.52. The van der Waals surface area contributed by atoms with E-state index in [1.807, 2.05) is 0 Å². The van der Waals surface area contributed by atoms with Crippen molar-refractivity contribution in [1.82, 2.24) is 14.8 Å². The van der Waals surface area contributed by atoms with Gasteiger partial charge in [0.05, 0.1) is 0 Å². The number of hydrogen-bond donors (Lipinski definition) is 3. The van der Waals surface area contributed by atoms with Crippen molar-refractivity contribution >= 4 is 22.6 Å². The zero-order chi connectivity index (χ0) is 10.6. The van der Waals surface area contributed by atoms with Crippen molar-refractivity contribution in [3.8, 4) is 0 Å². The topological polar surface area (TPSA) is 70.2 Å². The van der Waals surface area contributed by atoms with Gasteiger partial charge >= 0.3 is 0 Å². The number of hydrogen-bond acceptors (Lipinski definition) is 3. The van der Waals surface area contributed by atoms with Gasteiger partial charge in [-0.15, -0.1) is 12.4 Å². The maximum Gasteiger partial charge on any atom is 0.277 e. The van der Waals surface area contributed by atoms with E-state index in [1.165, 1.54) is 0 Å². The van der Waals surface area contributed by atoms with Crippen LogP contribution in [0.1, 0.15) is 26.7 Å². The maximum absolute atomic E-state index is 11.5. The van der Waals surface area contributed by atoms with Crippen molar-refractivity contribution in [2.45, 2.75) is 38.8 Å². The van der Waals surface area contributed by atoms with Gasteiger partial charge in [0.15, 0.2) is 0 Å². The fourth-order valence-corrected chi connectivity index (χ4v) is 2.84. The molecule has 0 aromatic rings. The lowest BCUT2D eigenvalue weighted by atomic mass is 10.1. The van der Waals surface area contributed by atoms with Crippen LogP contribution in [0.3, 0.4) is 0 Å². The summed E-state index contributed by atoms with van der Waals surface area (Å²) in [7, 11) is -3.32. The molecule has 7 heteroatoms. The highest BCUT2D eigenvalue weighted by atomic mass is 35.5. The third kappa shape index (κ3) is 6.32. The average molecular weight is 258 g/mol. The van der Waals surface area contributed by atoms with Gasteiger partial charge in [0.25, 0.3) is 10.2 Å². The van der Waals surface area contributed by atoms with E-state index in [0.717, 1.165) is 25.9 Å². The van der Waals surface area contributed by atoms with Crippen LogP contribution in [0.15, 0.2) is 0 Å². The normalized spacial score (nSPS) is 22.5. The molecule has 5 nitrogen and oxygen atoms in total. The van der Waals surface area contributed by atoms with Crippen LogP contribution >= 0.6 is 12.4 Å². The first-order chi connectivity index (χ1) is 6.49. The predicted octanol–water partition coefficient (Wildman–Crippen LogP) is -0.00740. The number of halogens is 1. The molecule has 0 bridgehead atoms. The second-order valence-electron chi connectivity index (χ2n) is 3.94. The van der Waals surface area contributed by atoms with Gasteiger partial charge in [0.1, 0.15) is 0 Å². The molecule has 0 unspecified atom stereocenters. The molecule has 0 spiro atoms. The van der Waals surface area contributed by atoms with Gasteiger partial charge in [-0.2, -0.15) is 17.9 Å². The van der Waals surface area contributed by atoms with Gasteiger partial charge in [-0.3, -0.25) is 0 Å². The molecule has 1 aliphatic rings. The highest BCUT2D eigenvalue weighted by Gasteiger charge is 2.19. The Balaban J connectivity index is 0.00000196. The Labute approximate surface area is 98.0 Å². The van der Waals surface area contributed by atoms with E-state index in [9.17, 15) is 8.42 Å². The van der Waals surface area contributed by atoms with Crippen LogP contribution in [0.2, 0.25) is 0 Å². The quantitative estimate of drug-likeness (QED) is 0.664. The highest BCUT2D eigenvalue weighted by molar-refractivity contribution is 7.87. The number of nitrogens with one attached hydrogen (secondary N) is 3. The summed E-state index contributed by atoms with van der Waals surface area (Å²) in [6.07, 6.45) is 1.93. The Morgan fingerprint density at radius 1 is 1.40 bits per heavy atom. The summed E-state index contributed by atoms with van der Waals surface area (Å²) >= 11 is 0. The summed E-state index contributed by atoms with van der Waals surface area (Å²) in [5.41, 5.74) is 0. The Bertz CT molecular complexity index is 263. The maximum atomic E-state index is 11.5. The first kappa shape index (κ1) is 15.1. The Hall–Kier alpha value is 0.120. The SMILES string of the molecule is CC(C)NS(=O)(=O)N[C@@H]1CCCNC1.Cl. The molecule has 15 heavy (non-hydrogen) atoms. The van der Waals surface area contributed by atoms with E-state index in [1.54, 1.807) is 13.8 Å². The summed E-state index contributed by atoms with van der Waals surface area (Å²) in [4.78, 5) is 0. The lowest BCUT2D eigenvalue weighted by molar-refractivity contribution is 0.425. The molecule has 1 saturated heterocycles. The van der Waals surface area contributed by atoms with Crippen LogP contribution in [0.5, 0.6) is 0 Å². The summed E-state index contributed by atoms with van der Waals surface area (Å²) in [5, 5.41) is 3.16. The first-order valence-electron chi connectivity index (χ1n) is 5.00. The van der Waals surface area contributed by atoms with Gasteiger partial charge in [-0.25, -0.2) is 0 Å². The molecule has 0 saturated carbocycles. The lowest BCUT2D eigenvalue weighted by Gasteiger charge is -2.24. The van der Waals surface area contributed by atoms with Gasteiger partial charge in [-0.1, -0.05) is 0 Å². The van der Waals surface area contributed by atoms with Crippen LogP contribution in [0, 0.1) is 0 Å². The van der Waals surface area contributed by atoms with Crippen molar-refractivity contribution in [1.29, 1.82) is 0 Å². The molecule has 1 fully saturated rings. The minimum Gasteiger partial charge on any atom is -0.315 e. The second kappa shape index (κ2) is 6.65. The Kier molecular flexibility index (Phi) is 6.70. The van der Waals surface area contributed by atoms with Gasteiger partial charge in [0.2, 0.25) is 0 Å². The lowest BCUT2D eigenvalue weighted by Crippen LogP contribution is -2.50. The van der Waals surface area contributed by atoms with E-state index >= 15 is 0 Å². The van der Waals surface area contributed by atoms with Crippen molar-refractivity contribution in [3.05, 3.63) is 0 Å². The molecule has 1 atom stereocenters. The third-order valence-corrected chi connectivity index (χ3v) is 3.43. The van der Waals surface area contributed by atoms with Crippen molar-refractivity contribution < 1.29 is 8.42 Å². The van der Waals surface area contributed by atoms with Crippen molar-refractivity contribution in [2.24, 2.45) is 0 Å². The summed E-state index contributed by atoms with van der Waals surface area (Å²) in [5.74, 6) is 0. The van der Waals surface area contributed by atoms with E-state index in [0.29, 0.717) is 0 Å². The van der Waals surface area contributed by atoms with Crippen LogP contribution in [0.25, 0.3) is 0 Å². The van der Waals surface area contributed by atoms with E-state index in [4.69, 9.17) is 0 Å². The largest absolute Gasteiger partial charge is 0.315 e. The van der Waals surface area contributed by atoms with Crippen molar-refractivity contribution in [3.63, 3.8) is 0 Å². The molecule has 0 aromatic heterocycles. The molecule has 92 valence electrons. The monoisotopic (exact) mass is 257 g/mol.